The summed E-state index contributed by atoms with van der Waals surface area (Å²) in [6.07, 6.45) is 1.56. The first kappa shape index (κ1) is 14.2. The van der Waals surface area contributed by atoms with Gasteiger partial charge in [-0.15, -0.1) is 31.7 Å². The maximum Gasteiger partial charge on any atom is 0.284 e. The van der Waals surface area contributed by atoms with Crippen LogP contribution < -0.4 is 0 Å². The largest absolute Gasteiger partial charge is 0.459 e. The Bertz CT molecular complexity index is 883. The van der Waals surface area contributed by atoms with Crippen LogP contribution in [0.25, 0.3) is 22.4 Å². The Labute approximate surface area is 138 Å². The molecule has 0 N–H and O–H groups in total. The quantitative estimate of drug-likeness (QED) is 0.494. The second-order valence-corrected chi connectivity index (χ2v) is 6.77. The van der Waals surface area contributed by atoms with Crippen molar-refractivity contribution in [2.45, 2.75) is 17.4 Å². The van der Waals surface area contributed by atoms with Gasteiger partial charge in [0.05, 0.1) is 16.4 Å². The maximum absolute atomic E-state index is 5.70. The zero-order chi connectivity index (χ0) is 15.6. The number of hydrogen-bond acceptors (Lipinski definition) is 9. The number of rotatable bonds is 5. The van der Waals surface area contributed by atoms with Crippen molar-refractivity contribution >= 4 is 23.1 Å². The lowest BCUT2D eigenvalue weighted by Crippen LogP contribution is -1.88. The number of nitrogens with zero attached hydrogens (tertiary/aromatic N) is 4. The minimum Gasteiger partial charge on any atom is -0.459 e. The van der Waals surface area contributed by atoms with Gasteiger partial charge in [0.1, 0.15) is 0 Å². The van der Waals surface area contributed by atoms with Gasteiger partial charge in [0.25, 0.3) is 17.0 Å². The Hall–Kier alpha value is -2.39. The summed E-state index contributed by atoms with van der Waals surface area (Å²) in [5.74, 6) is 1.91. The summed E-state index contributed by atoms with van der Waals surface area (Å²) >= 11 is 2.90. The Balaban J connectivity index is 1.49. The molecule has 23 heavy (non-hydrogen) atoms. The summed E-state index contributed by atoms with van der Waals surface area (Å²) in [6.45, 7) is 1.94. The van der Waals surface area contributed by atoms with Gasteiger partial charge in [-0.1, -0.05) is 17.8 Å². The van der Waals surface area contributed by atoms with Crippen molar-refractivity contribution in [1.29, 1.82) is 0 Å². The van der Waals surface area contributed by atoms with Gasteiger partial charge in [-0.05, 0) is 30.5 Å². The number of furan rings is 1. The molecule has 7 nitrogen and oxygen atoms in total. The summed E-state index contributed by atoms with van der Waals surface area (Å²) < 4.78 is 16.5. The van der Waals surface area contributed by atoms with E-state index in [9.17, 15) is 0 Å². The monoisotopic (exact) mass is 346 g/mol. The fraction of sp³-hybridized carbons (Fsp3) is 0.143. The first-order valence-corrected chi connectivity index (χ1v) is 8.47. The van der Waals surface area contributed by atoms with E-state index in [0.717, 1.165) is 4.88 Å². The molecular weight excluding hydrogens is 336 g/mol. The van der Waals surface area contributed by atoms with Crippen molar-refractivity contribution in [2.75, 3.05) is 0 Å². The third-order valence-corrected chi connectivity index (χ3v) is 4.72. The van der Waals surface area contributed by atoms with Crippen LogP contribution in [0.2, 0.25) is 0 Å². The molecule has 1 atom stereocenters. The highest BCUT2D eigenvalue weighted by Gasteiger charge is 2.20. The van der Waals surface area contributed by atoms with Gasteiger partial charge in [-0.3, -0.25) is 0 Å². The van der Waals surface area contributed by atoms with Crippen molar-refractivity contribution < 1.29 is 13.3 Å². The summed E-state index contributed by atoms with van der Waals surface area (Å²) in [5.41, 5.74) is 0. The molecule has 116 valence electrons. The second kappa shape index (κ2) is 6.01. The van der Waals surface area contributed by atoms with Gasteiger partial charge in [0.2, 0.25) is 5.89 Å². The molecule has 4 rings (SSSR count). The molecule has 4 heterocycles. The van der Waals surface area contributed by atoms with Crippen LogP contribution >= 0.6 is 23.1 Å². The van der Waals surface area contributed by atoms with Crippen molar-refractivity contribution in [3.8, 4) is 22.4 Å². The minimum atomic E-state index is -0.110. The van der Waals surface area contributed by atoms with Gasteiger partial charge >= 0.3 is 0 Å². The second-order valence-electron chi connectivity index (χ2n) is 4.53. The minimum absolute atomic E-state index is 0.110. The molecular formula is C14H10N4O3S2. The lowest BCUT2D eigenvalue weighted by molar-refractivity contribution is 0.444. The molecule has 0 aliphatic carbocycles. The Kier molecular flexibility index (Phi) is 3.72. The summed E-state index contributed by atoms with van der Waals surface area (Å²) in [7, 11) is 0. The van der Waals surface area contributed by atoms with Crippen LogP contribution in [-0.4, -0.2) is 20.4 Å². The topological polar surface area (TPSA) is 91.0 Å². The first-order valence-electron chi connectivity index (χ1n) is 6.71. The summed E-state index contributed by atoms with van der Waals surface area (Å²) in [6, 6.07) is 7.40. The Morgan fingerprint density at radius 1 is 1.04 bits per heavy atom. The molecule has 0 aromatic carbocycles. The van der Waals surface area contributed by atoms with Crippen LogP contribution in [0.3, 0.4) is 0 Å². The van der Waals surface area contributed by atoms with Crippen LogP contribution in [-0.2, 0) is 0 Å². The predicted molar refractivity (Wildman–Crippen MR) is 83.9 cm³/mol. The Morgan fingerprint density at radius 3 is 2.74 bits per heavy atom. The smallest absolute Gasteiger partial charge is 0.284 e. The molecule has 0 radical (unpaired) electrons. The summed E-state index contributed by atoms with van der Waals surface area (Å²) in [4.78, 5) is 0.943. The normalized spacial score (nSPS) is 12.6. The standard InChI is InChI=1S/C14H10N4O3S2/c1-8(11-15-17-13(20-11)10-5-3-7-22-10)23-14-18-16-12(21-14)9-4-2-6-19-9/h2-8H,1H3. The zero-order valence-corrected chi connectivity index (χ0v) is 13.5. The van der Waals surface area contributed by atoms with Crippen molar-refractivity contribution in [3.63, 3.8) is 0 Å². The highest BCUT2D eigenvalue weighted by Crippen LogP contribution is 2.35. The molecule has 0 aliphatic heterocycles. The number of aromatic nitrogens is 4. The molecule has 0 bridgehead atoms. The molecule has 0 aliphatic rings. The number of thioether (sulfide) groups is 1. The molecule has 1 unspecified atom stereocenters. The van der Waals surface area contributed by atoms with E-state index in [0.29, 0.717) is 28.7 Å². The predicted octanol–water partition coefficient (Wildman–Crippen LogP) is 4.29. The van der Waals surface area contributed by atoms with E-state index < -0.39 is 0 Å². The van der Waals surface area contributed by atoms with Crippen LogP contribution in [0.4, 0.5) is 0 Å². The van der Waals surface area contributed by atoms with E-state index >= 15 is 0 Å². The highest BCUT2D eigenvalue weighted by atomic mass is 32.2. The average molecular weight is 346 g/mol. The van der Waals surface area contributed by atoms with Gasteiger partial charge in [-0.25, -0.2) is 0 Å². The maximum atomic E-state index is 5.70. The molecule has 4 aromatic heterocycles. The van der Waals surface area contributed by atoms with Crippen LogP contribution in [0.1, 0.15) is 18.1 Å². The fourth-order valence-electron chi connectivity index (χ4n) is 1.86. The molecule has 0 amide bonds. The fourth-order valence-corrected chi connectivity index (χ4v) is 3.22. The van der Waals surface area contributed by atoms with E-state index in [2.05, 4.69) is 20.4 Å². The number of thiophene rings is 1. The van der Waals surface area contributed by atoms with Crippen molar-refractivity contribution in [1.82, 2.24) is 20.4 Å². The molecule has 0 spiro atoms. The number of hydrogen-bond donors (Lipinski definition) is 0. The van der Waals surface area contributed by atoms with Gasteiger partial charge < -0.3 is 13.3 Å². The third-order valence-electron chi connectivity index (χ3n) is 2.94. The third kappa shape index (κ3) is 2.92. The van der Waals surface area contributed by atoms with Crippen LogP contribution in [0.15, 0.2) is 54.4 Å². The highest BCUT2D eigenvalue weighted by molar-refractivity contribution is 7.99. The average Bonchev–Trinajstić information content (AvgIpc) is 3.30. The van der Waals surface area contributed by atoms with Crippen molar-refractivity contribution in [3.05, 3.63) is 41.8 Å². The van der Waals surface area contributed by atoms with Crippen molar-refractivity contribution in [2.24, 2.45) is 0 Å². The van der Waals surface area contributed by atoms with E-state index in [1.165, 1.54) is 11.8 Å². The van der Waals surface area contributed by atoms with Gasteiger partial charge in [0.15, 0.2) is 5.76 Å². The molecule has 9 heteroatoms. The molecule has 4 aromatic rings. The Morgan fingerprint density at radius 2 is 1.96 bits per heavy atom. The van der Waals surface area contributed by atoms with E-state index in [4.69, 9.17) is 13.3 Å². The lowest BCUT2D eigenvalue weighted by atomic mass is 10.5. The van der Waals surface area contributed by atoms with Gasteiger partial charge in [-0.2, -0.15) is 0 Å². The van der Waals surface area contributed by atoms with Crippen LogP contribution in [0.5, 0.6) is 0 Å². The van der Waals surface area contributed by atoms with Crippen LogP contribution in [0, 0.1) is 0 Å². The van der Waals surface area contributed by atoms with Gasteiger partial charge in [0, 0.05) is 0 Å². The van der Waals surface area contributed by atoms with E-state index in [1.807, 2.05) is 24.4 Å². The molecule has 0 fully saturated rings. The first-order chi connectivity index (χ1) is 11.3. The zero-order valence-electron chi connectivity index (χ0n) is 11.9. The SMILES string of the molecule is CC(Sc1nnc(-c2ccco2)o1)c1nnc(-c2cccs2)o1. The molecule has 0 saturated carbocycles. The lowest BCUT2D eigenvalue weighted by Gasteiger charge is -2.01. The molecule has 0 saturated heterocycles. The summed E-state index contributed by atoms with van der Waals surface area (Å²) in [5, 5.41) is 18.4. The van der Waals surface area contributed by atoms with E-state index in [-0.39, 0.29) is 5.25 Å². The van der Waals surface area contributed by atoms with E-state index in [1.54, 1.807) is 29.7 Å².